The van der Waals surface area contributed by atoms with E-state index in [2.05, 4.69) is 27.2 Å². The van der Waals surface area contributed by atoms with Gasteiger partial charge in [-0.15, -0.1) is 10.2 Å². The first kappa shape index (κ1) is 17.9. The Morgan fingerprint density at radius 3 is 2.38 bits per heavy atom. The first-order valence-corrected chi connectivity index (χ1v) is 10.0. The summed E-state index contributed by atoms with van der Waals surface area (Å²) in [6.07, 6.45) is 2.03. The van der Waals surface area contributed by atoms with Crippen LogP contribution in [0.15, 0.2) is 66.7 Å². The van der Waals surface area contributed by atoms with E-state index in [4.69, 9.17) is 5.10 Å². The molecule has 5 rings (SSSR count). The maximum Gasteiger partial charge on any atom is 0.177 e. The van der Waals surface area contributed by atoms with E-state index in [1.54, 1.807) is 0 Å². The minimum atomic E-state index is -0.187. The zero-order valence-electron chi connectivity index (χ0n) is 16.1. The lowest BCUT2D eigenvalue weighted by molar-refractivity contribution is 0.201. The van der Waals surface area contributed by atoms with Gasteiger partial charge < -0.3 is 0 Å². The summed E-state index contributed by atoms with van der Waals surface area (Å²) >= 11 is 0. The predicted molar refractivity (Wildman–Crippen MR) is 110 cm³/mol. The van der Waals surface area contributed by atoms with Crippen LogP contribution in [0.3, 0.4) is 0 Å². The minimum Gasteiger partial charge on any atom is -0.299 e. The zero-order valence-corrected chi connectivity index (χ0v) is 16.1. The lowest BCUT2D eigenvalue weighted by atomic mass is 9.95. The fourth-order valence-electron chi connectivity index (χ4n) is 4.02. The second-order valence-electron chi connectivity index (χ2n) is 7.59. The van der Waals surface area contributed by atoms with Crippen molar-refractivity contribution in [2.45, 2.75) is 25.3 Å². The Morgan fingerprint density at radius 1 is 0.862 bits per heavy atom. The van der Waals surface area contributed by atoms with Crippen molar-refractivity contribution >= 4 is 5.65 Å². The molecule has 1 fully saturated rings. The number of hydrogen-bond donors (Lipinski definition) is 0. The summed E-state index contributed by atoms with van der Waals surface area (Å²) in [4.78, 5) is 2.41. The highest BCUT2D eigenvalue weighted by Crippen LogP contribution is 2.28. The van der Waals surface area contributed by atoms with Gasteiger partial charge in [-0.1, -0.05) is 42.5 Å². The van der Waals surface area contributed by atoms with Gasteiger partial charge in [0.25, 0.3) is 0 Å². The number of benzene rings is 2. The van der Waals surface area contributed by atoms with E-state index in [-0.39, 0.29) is 5.82 Å². The molecule has 0 atom stereocenters. The van der Waals surface area contributed by atoms with Crippen molar-refractivity contribution in [3.63, 3.8) is 0 Å². The fourth-order valence-corrected chi connectivity index (χ4v) is 4.02. The Balaban J connectivity index is 1.32. The van der Waals surface area contributed by atoms with E-state index in [1.165, 1.54) is 12.1 Å². The third-order valence-corrected chi connectivity index (χ3v) is 5.63. The summed E-state index contributed by atoms with van der Waals surface area (Å²) in [5, 5.41) is 13.6. The van der Waals surface area contributed by atoms with E-state index in [1.807, 2.05) is 47.0 Å². The van der Waals surface area contributed by atoms with Gasteiger partial charge in [-0.3, -0.25) is 4.90 Å². The molecule has 0 radical (unpaired) electrons. The van der Waals surface area contributed by atoms with Gasteiger partial charge in [-0.25, -0.2) is 4.39 Å². The van der Waals surface area contributed by atoms with E-state index >= 15 is 0 Å². The van der Waals surface area contributed by atoms with Crippen LogP contribution in [-0.2, 0) is 6.54 Å². The summed E-state index contributed by atoms with van der Waals surface area (Å²) < 4.78 is 15.0. The van der Waals surface area contributed by atoms with Crippen molar-refractivity contribution in [2.24, 2.45) is 0 Å². The van der Waals surface area contributed by atoms with E-state index < -0.39 is 0 Å². The number of hydrogen-bond acceptors (Lipinski definition) is 4. The molecule has 4 aromatic rings. The molecule has 1 saturated heterocycles. The molecule has 1 aliphatic rings. The van der Waals surface area contributed by atoms with Crippen LogP contribution >= 0.6 is 0 Å². The third-order valence-electron chi connectivity index (χ3n) is 5.63. The Bertz CT molecular complexity index is 1100. The maximum atomic E-state index is 13.1. The first-order chi connectivity index (χ1) is 14.3. The molecule has 5 nitrogen and oxygen atoms in total. The van der Waals surface area contributed by atoms with Crippen LogP contribution in [-0.4, -0.2) is 37.8 Å². The number of piperidine rings is 1. The fraction of sp³-hybridized carbons (Fsp3) is 0.261. The topological polar surface area (TPSA) is 46.3 Å². The molecule has 0 amide bonds. The van der Waals surface area contributed by atoms with Crippen LogP contribution in [0.1, 0.15) is 30.1 Å². The van der Waals surface area contributed by atoms with Crippen molar-refractivity contribution in [1.82, 2.24) is 24.7 Å². The largest absolute Gasteiger partial charge is 0.299 e. The van der Waals surface area contributed by atoms with Crippen molar-refractivity contribution in [1.29, 1.82) is 0 Å². The third kappa shape index (κ3) is 3.76. The molecule has 146 valence electrons. The number of likely N-dealkylation sites (tertiary alicyclic amines) is 1. The molecule has 29 heavy (non-hydrogen) atoms. The van der Waals surface area contributed by atoms with Gasteiger partial charge in [-0.05, 0) is 55.8 Å². The molecule has 0 unspecified atom stereocenters. The van der Waals surface area contributed by atoms with E-state index in [0.717, 1.165) is 60.8 Å². The van der Waals surface area contributed by atoms with Crippen LogP contribution in [0.25, 0.3) is 16.9 Å². The second-order valence-corrected chi connectivity index (χ2v) is 7.59. The molecule has 2 aromatic heterocycles. The SMILES string of the molecule is Fc1ccc(CN2CCC(c3nnc4ccc(-c5ccccc5)nn34)CC2)cc1. The summed E-state index contributed by atoms with van der Waals surface area (Å²) in [5.41, 5.74) is 3.94. The van der Waals surface area contributed by atoms with Crippen LogP contribution in [0, 0.1) is 5.82 Å². The van der Waals surface area contributed by atoms with Crippen LogP contribution in [0.4, 0.5) is 4.39 Å². The van der Waals surface area contributed by atoms with Gasteiger partial charge in [0.1, 0.15) is 5.82 Å². The number of fused-ring (bicyclic) bond motifs is 1. The standard InChI is InChI=1S/C23H22FN5/c24-20-8-6-17(7-9-20)16-28-14-12-19(13-15-28)23-26-25-22-11-10-21(27-29(22)23)18-4-2-1-3-5-18/h1-11,19H,12-16H2. The van der Waals surface area contributed by atoms with Crippen LogP contribution in [0.2, 0.25) is 0 Å². The van der Waals surface area contributed by atoms with Crippen molar-refractivity contribution in [2.75, 3.05) is 13.1 Å². The molecular weight excluding hydrogens is 365 g/mol. The molecule has 0 bridgehead atoms. The summed E-state index contributed by atoms with van der Waals surface area (Å²) in [7, 11) is 0. The number of nitrogens with zero attached hydrogens (tertiary/aromatic N) is 5. The molecular formula is C23H22FN5. The summed E-state index contributed by atoms with van der Waals surface area (Å²) in [5.74, 6) is 1.10. The number of rotatable bonds is 4. The predicted octanol–water partition coefficient (Wildman–Crippen LogP) is 4.31. The molecule has 3 heterocycles. The molecule has 1 aliphatic heterocycles. The number of aromatic nitrogens is 4. The second kappa shape index (κ2) is 7.72. The molecule has 6 heteroatoms. The Hall–Kier alpha value is -3.12. The van der Waals surface area contributed by atoms with E-state index in [9.17, 15) is 4.39 Å². The van der Waals surface area contributed by atoms with Gasteiger partial charge in [0.15, 0.2) is 11.5 Å². The molecule has 0 saturated carbocycles. The maximum absolute atomic E-state index is 13.1. The smallest absolute Gasteiger partial charge is 0.177 e. The highest BCUT2D eigenvalue weighted by molar-refractivity contribution is 5.59. The van der Waals surface area contributed by atoms with Crippen LogP contribution < -0.4 is 0 Å². The quantitative estimate of drug-likeness (QED) is 0.524. The van der Waals surface area contributed by atoms with Crippen molar-refractivity contribution < 1.29 is 4.39 Å². The molecule has 0 aliphatic carbocycles. The summed E-state index contributed by atoms with van der Waals surface area (Å²) in [6.45, 7) is 2.81. The van der Waals surface area contributed by atoms with Crippen molar-refractivity contribution in [3.05, 3.63) is 83.9 Å². The van der Waals surface area contributed by atoms with Gasteiger partial charge in [0, 0.05) is 18.0 Å². The Morgan fingerprint density at radius 2 is 1.62 bits per heavy atom. The Kier molecular flexibility index (Phi) is 4.77. The Labute approximate surface area is 168 Å². The van der Waals surface area contributed by atoms with Gasteiger partial charge >= 0.3 is 0 Å². The molecule has 0 spiro atoms. The minimum absolute atomic E-state index is 0.187. The van der Waals surface area contributed by atoms with Gasteiger partial charge in [-0.2, -0.15) is 9.61 Å². The van der Waals surface area contributed by atoms with Gasteiger partial charge in [0.2, 0.25) is 0 Å². The highest BCUT2D eigenvalue weighted by atomic mass is 19.1. The summed E-state index contributed by atoms with van der Waals surface area (Å²) in [6, 6.07) is 20.9. The average molecular weight is 387 g/mol. The molecule has 2 aromatic carbocycles. The van der Waals surface area contributed by atoms with E-state index in [0.29, 0.717) is 5.92 Å². The lowest BCUT2D eigenvalue weighted by Gasteiger charge is -2.31. The van der Waals surface area contributed by atoms with Gasteiger partial charge in [0.05, 0.1) is 5.69 Å². The molecule has 0 N–H and O–H groups in total. The average Bonchev–Trinajstić information content (AvgIpc) is 3.20. The highest BCUT2D eigenvalue weighted by Gasteiger charge is 2.25. The number of halogens is 1. The normalized spacial score (nSPS) is 15.8. The zero-order chi connectivity index (χ0) is 19.6. The lowest BCUT2D eigenvalue weighted by Crippen LogP contribution is -2.33. The van der Waals surface area contributed by atoms with Crippen molar-refractivity contribution in [3.8, 4) is 11.3 Å². The van der Waals surface area contributed by atoms with Crippen LogP contribution in [0.5, 0.6) is 0 Å². The monoisotopic (exact) mass is 387 g/mol. The first-order valence-electron chi connectivity index (χ1n) is 10.0.